The quantitative estimate of drug-likeness (QED) is 0.877. The summed E-state index contributed by atoms with van der Waals surface area (Å²) in [6, 6.07) is 6.44. The first-order valence-electron chi connectivity index (χ1n) is 7.28. The molecule has 0 amide bonds. The first-order chi connectivity index (χ1) is 9.24. The third-order valence-corrected chi connectivity index (χ3v) is 4.01. The smallest absolute Gasteiger partial charge is 0.129 e. The summed E-state index contributed by atoms with van der Waals surface area (Å²) < 4.78 is 19.5. The van der Waals surface area contributed by atoms with Crippen LogP contribution in [0.25, 0.3) is 0 Å². The summed E-state index contributed by atoms with van der Waals surface area (Å²) in [5.41, 5.74) is 0.353. The van der Waals surface area contributed by atoms with Gasteiger partial charge in [0, 0.05) is 12.2 Å². The zero-order valence-corrected chi connectivity index (χ0v) is 11.5. The van der Waals surface area contributed by atoms with Crippen LogP contribution in [-0.2, 0) is 4.74 Å². The van der Waals surface area contributed by atoms with Crippen molar-refractivity contribution >= 4 is 0 Å². The van der Waals surface area contributed by atoms with Gasteiger partial charge >= 0.3 is 0 Å². The highest BCUT2D eigenvalue weighted by molar-refractivity contribution is 5.21. The highest BCUT2D eigenvalue weighted by Gasteiger charge is 2.32. The SMILES string of the molecule is CCOC(C1CCCCC1)C(O)c1ccccc1F. The molecular weight excluding hydrogens is 243 g/mol. The van der Waals surface area contributed by atoms with Crippen molar-refractivity contribution in [2.45, 2.75) is 51.2 Å². The normalized spacial score (nSPS) is 20.2. The van der Waals surface area contributed by atoms with Crippen LogP contribution in [0.1, 0.15) is 50.7 Å². The van der Waals surface area contributed by atoms with Gasteiger partial charge in [0.25, 0.3) is 0 Å². The Hall–Kier alpha value is -0.930. The number of hydrogen-bond donors (Lipinski definition) is 1. The van der Waals surface area contributed by atoms with Crippen LogP contribution in [0.15, 0.2) is 24.3 Å². The van der Waals surface area contributed by atoms with Gasteiger partial charge in [-0.15, -0.1) is 0 Å². The Morgan fingerprint density at radius 3 is 2.58 bits per heavy atom. The van der Waals surface area contributed by atoms with Crippen LogP contribution in [0.3, 0.4) is 0 Å². The predicted octanol–water partition coefficient (Wildman–Crippen LogP) is 3.84. The zero-order chi connectivity index (χ0) is 13.7. The molecule has 2 nitrogen and oxygen atoms in total. The molecule has 1 aromatic rings. The Morgan fingerprint density at radius 2 is 1.95 bits per heavy atom. The van der Waals surface area contributed by atoms with Crippen LogP contribution in [0.4, 0.5) is 4.39 Å². The van der Waals surface area contributed by atoms with Crippen molar-refractivity contribution in [3.8, 4) is 0 Å². The van der Waals surface area contributed by atoms with Crippen LogP contribution >= 0.6 is 0 Å². The molecule has 2 unspecified atom stereocenters. The molecule has 0 aliphatic heterocycles. The monoisotopic (exact) mass is 266 g/mol. The zero-order valence-electron chi connectivity index (χ0n) is 11.5. The van der Waals surface area contributed by atoms with Crippen molar-refractivity contribution < 1.29 is 14.2 Å². The fourth-order valence-electron chi connectivity index (χ4n) is 3.03. The lowest BCUT2D eigenvalue weighted by atomic mass is 9.82. The molecule has 1 aliphatic rings. The fourth-order valence-corrected chi connectivity index (χ4v) is 3.03. The minimum Gasteiger partial charge on any atom is -0.386 e. The fraction of sp³-hybridized carbons (Fsp3) is 0.625. The van der Waals surface area contributed by atoms with E-state index in [1.165, 1.54) is 25.3 Å². The molecule has 0 spiro atoms. The topological polar surface area (TPSA) is 29.5 Å². The van der Waals surface area contributed by atoms with Crippen LogP contribution in [0.5, 0.6) is 0 Å². The molecule has 2 atom stereocenters. The summed E-state index contributed by atoms with van der Waals surface area (Å²) in [6.07, 6.45) is 4.58. The molecule has 1 aromatic carbocycles. The maximum Gasteiger partial charge on any atom is 0.129 e. The van der Waals surface area contributed by atoms with Crippen LogP contribution in [0, 0.1) is 11.7 Å². The van der Waals surface area contributed by atoms with Crippen LogP contribution in [-0.4, -0.2) is 17.8 Å². The Labute approximate surface area is 114 Å². The molecule has 106 valence electrons. The van der Waals surface area contributed by atoms with Crippen molar-refractivity contribution in [3.05, 3.63) is 35.6 Å². The van der Waals surface area contributed by atoms with Crippen LogP contribution in [0.2, 0.25) is 0 Å². The molecule has 0 aromatic heterocycles. The molecule has 3 heteroatoms. The molecule has 0 saturated heterocycles. The molecule has 1 aliphatic carbocycles. The second kappa shape index (κ2) is 7.01. The second-order valence-corrected chi connectivity index (χ2v) is 5.28. The Bertz CT molecular complexity index is 388. The lowest BCUT2D eigenvalue weighted by Gasteiger charge is -2.33. The second-order valence-electron chi connectivity index (χ2n) is 5.28. The van der Waals surface area contributed by atoms with Gasteiger partial charge in [0.2, 0.25) is 0 Å². The van der Waals surface area contributed by atoms with Crippen molar-refractivity contribution in [2.75, 3.05) is 6.61 Å². The number of benzene rings is 1. The van der Waals surface area contributed by atoms with Crippen molar-refractivity contribution in [2.24, 2.45) is 5.92 Å². The summed E-state index contributed by atoms with van der Waals surface area (Å²) in [4.78, 5) is 0. The standard InChI is InChI=1S/C16H23FO2/c1-2-19-16(12-8-4-3-5-9-12)15(18)13-10-6-7-11-14(13)17/h6-7,10-12,15-16,18H,2-5,8-9H2,1H3. The van der Waals surface area contributed by atoms with E-state index in [1.54, 1.807) is 18.2 Å². The molecule has 0 radical (unpaired) electrons. The Balaban J connectivity index is 2.15. The van der Waals surface area contributed by atoms with E-state index in [4.69, 9.17) is 4.74 Å². The van der Waals surface area contributed by atoms with Gasteiger partial charge in [-0.2, -0.15) is 0 Å². The lowest BCUT2D eigenvalue weighted by molar-refractivity contribution is -0.0750. The number of halogens is 1. The van der Waals surface area contributed by atoms with Crippen molar-refractivity contribution in [1.29, 1.82) is 0 Å². The number of aliphatic hydroxyl groups excluding tert-OH is 1. The lowest BCUT2D eigenvalue weighted by Crippen LogP contribution is -2.32. The van der Waals surface area contributed by atoms with Gasteiger partial charge in [-0.3, -0.25) is 0 Å². The van der Waals surface area contributed by atoms with Gasteiger partial charge in [0.15, 0.2) is 0 Å². The average molecular weight is 266 g/mol. The predicted molar refractivity (Wildman–Crippen MR) is 73.3 cm³/mol. The molecule has 2 rings (SSSR count). The van der Waals surface area contributed by atoms with E-state index in [0.29, 0.717) is 18.1 Å². The number of hydrogen-bond acceptors (Lipinski definition) is 2. The average Bonchev–Trinajstić information content (AvgIpc) is 2.45. The summed E-state index contributed by atoms with van der Waals surface area (Å²) >= 11 is 0. The Morgan fingerprint density at radius 1 is 1.26 bits per heavy atom. The van der Waals surface area contributed by atoms with Gasteiger partial charge in [0.1, 0.15) is 11.9 Å². The van der Waals surface area contributed by atoms with E-state index in [0.717, 1.165) is 12.8 Å². The number of aliphatic hydroxyl groups is 1. The molecule has 1 fully saturated rings. The summed E-state index contributed by atoms with van der Waals surface area (Å²) in [6.45, 7) is 2.47. The first kappa shape index (κ1) is 14.5. The first-order valence-corrected chi connectivity index (χ1v) is 7.28. The molecule has 1 saturated carbocycles. The maximum atomic E-state index is 13.8. The molecular formula is C16H23FO2. The van der Waals surface area contributed by atoms with E-state index >= 15 is 0 Å². The van der Waals surface area contributed by atoms with E-state index in [-0.39, 0.29) is 11.9 Å². The highest BCUT2D eigenvalue weighted by Crippen LogP contribution is 2.34. The van der Waals surface area contributed by atoms with E-state index in [2.05, 4.69) is 0 Å². The third-order valence-electron chi connectivity index (χ3n) is 4.01. The highest BCUT2D eigenvalue weighted by atomic mass is 19.1. The maximum absolute atomic E-state index is 13.8. The molecule has 1 N–H and O–H groups in total. The summed E-state index contributed by atoms with van der Waals surface area (Å²) in [5.74, 6) is -0.0150. The number of ether oxygens (including phenoxy) is 1. The minimum absolute atomic E-state index is 0.290. The van der Waals surface area contributed by atoms with E-state index < -0.39 is 6.10 Å². The van der Waals surface area contributed by atoms with Gasteiger partial charge in [-0.05, 0) is 31.7 Å². The van der Waals surface area contributed by atoms with Crippen molar-refractivity contribution in [1.82, 2.24) is 0 Å². The van der Waals surface area contributed by atoms with Gasteiger partial charge in [0.05, 0.1) is 6.10 Å². The van der Waals surface area contributed by atoms with Gasteiger partial charge < -0.3 is 9.84 Å². The summed E-state index contributed by atoms with van der Waals surface area (Å²) in [7, 11) is 0. The van der Waals surface area contributed by atoms with E-state index in [1.807, 2.05) is 6.92 Å². The van der Waals surface area contributed by atoms with Crippen LogP contribution < -0.4 is 0 Å². The van der Waals surface area contributed by atoms with Crippen molar-refractivity contribution in [3.63, 3.8) is 0 Å². The molecule has 19 heavy (non-hydrogen) atoms. The molecule has 0 bridgehead atoms. The summed E-state index contributed by atoms with van der Waals surface area (Å²) in [5, 5.41) is 10.5. The minimum atomic E-state index is -0.871. The molecule has 0 heterocycles. The number of rotatable bonds is 5. The van der Waals surface area contributed by atoms with Gasteiger partial charge in [-0.1, -0.05) is 37.5 Å². The Kier molecular flexibility index (Phi) is 5.34. The third kappa shape index (κ3) is 3.54. The van der Waals surface area contributed by atoms with Gasteiger partial charge in [-0.25, -0.2) is 4.39 Å². The van der Waals surface area contributed by atoms with E-state index in [9.17, 15) is 9.50 Å². The largest absolute Gasteiger partial charge is 0.386 e.